The van der Waals surface area contributed by atoms with Crippen LogP contribution in [0.2, 0.25) is 0 Å². The van der Waals surface area contributed by atoms with Gasteiger partial charge >= 0.3 is 0 Å². The molecule has 2 unspecified atom stereocenters. The first-order chi connectivity index (χ1) is 10.1. The molecule has 0 aromatic rings. The van der Waals surface area contributed by atoms with E-state index in [4.69, 9.17) is 0 Å². The highest BCUT2D eigenvalue weighted by Gasteiger charge is 2.41. The smallest absolute Gasteiger partial charge is 0.225 e. The quantitative estimate of drug-likeness (QED) is 0.822. The fourth-order valence-corrected chi connectivity index (χ4v) is 3.60. The van der Waals surface area contributed by atoms with E-state index >= 15 is 0 Å². The van der Waals surface area contributed by atoms with Gasteiger partial charge in [0.05, 0.1) is 5.92 Å². The van der Waals surface area contributed by atoms with Crippen LogP contribution in [0.1, 0.15) is 45.4 Å². The lowest BCUT2D eigenvalue weighted by Gasteiger charge is -2.33. The highest BCUT2D eigenvalue weighted by atomic mass is 16.2. The maximum atomic E-state index is 12.2. The van der Waals surface area contributed by atoms with Crippen LogP contribution in [0.3, 0.4) is 0 Å². The molecule has 2 aliphatic heterocycles. The number of likely N-dealkylation sites (tertiary alicyclic amines) is 2. The molecule has 0 bridgehead atoms. The summed E-state index contributed by atoms with van der Waals surface area (Å²) in [4.78, 5) is 28.4. The van der Waals surface area contributed by atoms with Crippen molar-refractivity contribution in [2.45, 2.75) is 57.5 Å². The van der Waals surface area contributed by atoms with E-state index in [0.29, 0.717) is 31.6 Å². The predicted octanol–water partition coefficient (Wildman–Crippen LogP) is 0.988. The van der Waals surface area contributed by atoms with Gasteiger partial charge in [-0.05, 0) is 39.2 Å². The Bertz CT molecular complexity index is 408. The van der Waals surface area contributed by atoms with E-state index in [9.17, 15) is 9.59 Å². The molecule has 0 spiro atoms. The molecule has 21 heavy (non-hydrogen) atoms. The molecule has 0 aromatic heterocycles. The largest absolute Gasteiger partial charge is 0.355 e. The summed E-state index contributed by atoms with van der Waals surface area (Å²) >= 11 is 0. The number of carbonyl (C=O) groups is 2. The van der Waals surface area contributed by atoms with Gasteiger partial charge in [0.2, 0.25) is 11.8 Å². The minimum Gasteiger partial charge on any atom is -0.355 e. The first-order valence-corrected chi connectivity index (χ1v) is 8.46. The maximum Gasteiger partial charge on any atom is 0.225 e. The first-order valence-electron chi connectivity index (χ1n) is 8.46. The molecule has 5 heteroatoms. The molecule has 1 saturated carbocycles. The van der Waals surface area contributed by atoms with Crippen LogP contribution in [0.15, 0.2) is 0 Å². The molecule has 2 atom stereocenters. The van der Waals surface area contributed by atoms with Crippen molar-refractivity contribution in [2.75, 3.05) is 26.2 Å². The number of carbonyl (C=O) groups excluding carboxylic acids is 2. The molecular formula is C16H27N3O2. The van der Waals surface area contributed by atoms with Gasteiger partial charge in [-0.25, -0.2) is 0 Å². The topological polar surface area (TPSA) is 52.7 Å². The number of amides is 2. The molecule has 3 aliphatic rings. The van der Waals surface area contributed by atoms with Gasteiger partial charge in [-0.3, -0.25) is 14.5 Å². The third kappa shape index (κ3) is 3.57. The summed E-state index contributed by atoms with van der Waals surface area (Å²) in [5.74, 6) is 0.107. The molecule has 2 heterocycles. The summed E-state index contributed by atoms with van der Waals surface area (Å²) in [6.45, 7) is 5.69. The highest BCUT2D eigenvalue weighted by molar-refractivity contribution is 5.89. The number of hydrogen-bond donors (Lipinski definition) is 1. The molecular weight excluding hydrogens is 266 g/mol. The molecule has 118 valence electrons. The monoisotopic (exact) mass is 293 g/mol. The van der Waals surface area contributed by atoms with Crippen LogP contribution >= 0.6 is 0 Å². The van der Waals surface area contributed by atoms with Crippen molar-refractivity contribution >= 4 is 11.8 Å². The Kier molecular flexibility index (Phi) is 4.48. The Labute approximate surface area is 127 Å². The highest BCUT2D eigenvalue weighted by Crippen LogP contribution is 2.32. The molecule has 1 aliphatic carbocycles. The van der Waals surface area contributed by atoms with Gasteiger partial charge in [-0.15, -0.1) is 0 Å². The zero-order valence-electron chi connectivity index (χ0n) is 13.0. The number of hydrogen-bond acceptors (Lipinski definition) is 3. The van der Waals surface area contributed by atoms with E-state index < -0.39 is 0 Å². The SMILES string of the molecule is CC1CCCCN1CCNC(=O)C1CC(=O)N(C2CC2)C1. The Balaban J connectivity index is 1.39. The van der Waals surface area contributed by atoms with Crippen molar-refractivity contribution in [3.8, 4) is 0 Å². The number of nitrogens with one attached hydrogen (secondary N) is 1. The van der Waals surface area contributed by atoms with E-state index in [1.54, 1.807) is 0 Å². The van der Waals surface area contributed by atoms with Crippen LogP contribution < -0.4 is 5.32 Å². The van der Waals surface area contributed by atoms with Crippen LogP contribution in [0, 0.1) is 5.92 Å². The van der Waals surface area contributed by atoms with E-state index in [-0.39, 0.29) is 17.7 Å². The van der Waals surface area contributed by atoms with Gasteiger partial charge in [-0.2, -0.15) is 0 Å². The molecule has 3 rings (SSSR count). The zero-order valence-corrected chi connectivity index (χ0v) is 13.0. The molecule has 3 fully saturated rings. The van der Waals surface area contributed by atoms with Gasteiger partial charge in [-0.1, -0.05) is 6.42 Å². The Morgan fingerprint density at radius 2 is 2.10 bits per heavy atom. The van der Waals surface area contributed by atoms with Crippen LogP contribution in [-0.2, 0) is 9.59 Å². The van der Waals surface area contributed by atoms with Gasteiger partial charge < -0.3 is 10.2 Å². The summed E-state index contributed by atoms with van der Waals surface area (Å²) < 4.78 is 0. The second-order valence-corrected chi connectivity index (χ2v) is 6.85. The molecule has 0 radical (unpaired) electrons. The fraction of sp³-hybridized carbons (Fsp3) is 0.875. The van der Waals surface area contributed by atoms with Gasteiger partial charge in [0.1, 0.15) is 0 Å². The summed E-state index contributed by atoms with van der Waals surface area (Å²) in [6.07, 6.45) is 6.50. The van der Waals surface area contributed by atoms with Crippen molar-refractivity contribution in [3.63, 3.8) is 0 Å². The molecule has 1 N–H and O–H groups in total. The minimum absolute atomic E-state index is 0.0659. The van der Waals surface area contributed by atoms with Crippen LogP contribution in [-0.4, -0.2) is 59.9 Å². The standard InChI is InChI=1S/C16H27N3O2/c1-12-4-2-3-8-18(12)9-7-17-16(21)13-10-15(20)19(11-13)14-5-6-14/h12-14H,2-11H2,1H3,(H,17,21). The second-order valence-electron chi connectivity index (χ2n) is 6.85. The van der Waals surface area contributed by atoms with Crippen molar-refractivity contribution in [1.29, 1.82) is 0 Å². The Morgan fingerprint density at radius 1 is 1.29 bits per heavy atom. The third-order valence-electron chi connectivity index (χ3n) is 5.16. The Hall–Kier alpha value is -1.10. The van der Waals surface area contributed by atoms with Crippen LogP contribution in [0.4, 0.5) is 0 Å². The van der Waals surface area contributed by atoms with Crippen molar-refractivity contribution < 1.29 is 9.59 Å². The molecule has 2 saturated heterocycles. The normalized spacial score (nSPS) is 30.7. The van der Waals surface area contributed by atoms with E-state index in [0.717, 1.165) is 25.9 Å². The van der Waals surface area contributed by atoms with Crippen LogP contribution in [0.25, 0.3) is 0 Å². The number of nitrogens with zero attached hydrogens (tertiary/aromatic N) is 2. The molecule has 2 amide bonds. The molecule has 5 nitrogen and oxygen atoms in total. The fourth-order valence-electron chi connectivity index (χ4n) is 3.60. The lowest BCUT2D eigenvalue weighted by molar-refractivity contribution is -0.129. The van der Waals surface area contributed by atoms with Crippen LogP contribution in [0.5, 0.6) is 0 Å². The lowest BCUT2D eigenvalue weighted by Crippen LogP contribution is -2.43. The van der Waals surface area contributed by atoms with Gasteiger partial charge in [0.25, 0.3) is 0 Å². The average molecular weight is 293 g/mol. The van der Waals surface area contributed by atoms with E-state index in [1.165, 1.54) is 19.3 Å². The summed E-state index contributed by atoms with van der Waals surface area (Å²) in [7, 11) is 0. The predicted molar refractivity (Wildman–Crippen MR) is 80.7 cm³/mol. The van der Waals surface area contributed by atoms with Gasteiger partial charge in [0, 0.05) is 38.1 Å². The third-order valence-corrected chi connectivity index (χ3v) is 5.16. The summed E-state index contributed by atoms with van der Waals surface area (Å²) in [5, 5.41) is 3.03. The average Bonchev–Trinajstić information content (AvgIpc) is 3.23. The zero-order chi connectivity index (χ0) is 14.8. The van der Waals surface area contributed by atoms with E-state index in [1.807, 2.05) is 4.90 Å². The second kappa shape index (κ2) is 6.34. The summed E-state index contributed by atoms with van der Waals surface area (Å²) in [6, 6.07) is 1.07. The number of rotatable bonds is 5. The Morgan fingerprint density at radius 3 is 2.81 bits per heavy atom. The van der Waals surface area contributed by atoms with Gasteiger partial charge in [0.15, 0.2) is 0 Å². The minimum atomic E-state index is -0.128. The van der Waals surface area contributed by atoms with Crippen molar-refractivity contribution in [2.24, 2.45) is 5.92 Å². The van der Waals surface area contributed by atoms with Crippen molar-refractivity contribution in [3.05, 3.63) is 0 Å². The van der Waals surface area contributed by atoms with E-state index in [2.05, 4.69) is 17.1 Å². The molecule has 0 aromatic carbocycles. The maximum absolute atomic E-state index is 12.2. The van der Waals surface area contributed by atoms with Crippen molar-refractivity contribution in [1.82, 2.24) is 15.1 Å². The number of piperidine rings is 1. The summed E-state index contributed by atoms with van der Waals surface area (Å²) in [5.41, 5.74) is 0. The lowest BCUT2D eigenvalue weighted by atomic mass is 10.0. The first kappa shape index (κ1) is 14.8.